The fraction of sp³-hybridized carbons (Fsp3) is 0.875. The molecule has 3 heteroatoms. The molecule has 0 aliphatic rings. The van der Waals surface area contributed by atoms with Crippen LogP contribution in [0, 0.1) is 23.7 Å². The summed E-state index contributed by atoms with van der Waals surface area (Å²) < 4.78 is 5.53. The van der Waals surface area contributed by atoms with Crippen LogP contribution in [0.4, 0.5) is 0 Å². The van der Waals surface area contributed by atoms with Crippen LogP contribution in [0.2, 0.25) is 0 Å². The minimum absolute atomic E-state index is 0.165. The molecular formula is C16H34O2Si. The summed E-state index contributed by atoms with van der Waals surface area (Å²) in [6.07, 6.45) is 5.54. The van der Waals surface area contributed by atoms with Crippen LogP contribution in [0.25, 0.3) is 0 Å². The second-order valence-corrected chi connectivity index (χ2v) is 7.01. The number of hydrogen-bond donors (Lipinski definition) is 1. The molecular weight excluding hydrogens is 252 g/mol. The average molecular weight is 287 g/mol. The number of aliphatic hydroxyl groups is 1. The summed E-state index contributed by atoms with van der Waals surface area (Å²) in [4.78, 5) is 0. The highest BCUT2D eigenvalue weighted by Crippen LogP contribution is 2.38. The van der Waals surface area contributed by atoms with E-state index >= 15 is 0 Å². The lowest BCUT2D eigenvalue weighted by Gasteiger charge is -2.44. The smallest absolute Gasteiger partial charge is 0.146 e. The molecule has 0 aromatic heterocycles. The molecule has 0 fully saturated rings. The van der Waals surface area contributed by atoms with Crippen molar-refractivity contribution in [1.82, 2.24) is 0 Å². The van der Waals surface area contributed by atoms with Crippen LogP contribution >= 0.6 is 0 Å². The van der Waals surface area contributed by atoms with Gasteiger partial charge in [0.25, 0.3) is 0 Å². The molecule has 0 heterocycles. The molecule has 0 bridgehead atoms. The maximum Gasteiger partial charge on any atom is 0.146 e. The Kier molecular flexibility index (Phi) is 8.17. The van der Waals surface area contributed by atoms with Gasteiger partial charge in [-0.1, -0.05) is 60.6 Å². The summed E-state index contributed by atoms with van der Waals surface area (Å²) in [6, 6.07) is 0. The van der Waals surface area contributed by atoms with E-state index in [4.69, 9.17) is 4.43 Å². The number of hydrogen-bond acceptors (Lipinski definition) is 2. The zero-order valence-electron chi connectivity index (χ0n) is 14.1. The molecule has 0 spiro atoms. The molecule has 0 saturated carbocycles. The minimum Gasteiger partial charge on any atom is -0.422 e. The van der Waals surface area contributed by atoms with Gasteiger partial charge >= 0.3 is 0 Å². The van der Waals surface area contributed by atoms with Crippen molar-refractivity contribution >= 4 is 10.5 Å². The minimum atomic E-state index is -0.659. The van der Waals surface area contributed by atoms with E-state index in [9.17, 15) is 5.11 Å². The average Bonchev–Trinajstić information content (AvgIpc) is 2.33. The summed E-state index contributed by atoms with van der Waals surface area (Å²) in [5, 5.41) is 11.2. The SMILES string of the molecule is CCC(/C=C\C(C(C)C)C(O)(C(C)C)C(C)C)O[SiH3]. The molecule has 0 aliphatic carbocycles. The summed E-state index contributed by atoms with van der Waals surface area (Å²) in [7, 11) is 0.757. The summed E-state index contributed by atoms with van der Waals surface area (Å²) in [5.41, 5.74) is -0.659. The van der Waals surface area contributed by atoms with Gasteiger partial charge in [-0.25, -0.2) is 0 Å². The Bertz CT molecular complexity index is 260. The van der Waals surface area contributed by atoms with Crippen molar-refractivity contribution in [2.24, 2.45) is 23.7 Å². The molecule has 0 aromatic rings. The highest BCUT2D eigenvalue weighted by molar-refractivity contribution is 5.98. The molecule has 2 atom stereocenters. The predicted molar refractivity (Wildman–Crippen MR) is 87.2 cm³/mol. The monoisotopic (exact) mass is 286 g/mol. The van der Waals surface area contributed by atoms with Gasteiger partial charge in [-0.3, -0.25) is 0 Å². The van der Waals surface area contributed by atoms with Crippen molar-refractivity contribution in [3.63, 3.8) is 0 Å². The van der Waals surface area contributed by atoms with Gasteiger partial charge in [0.1, 0.15) is 10.5 Å². The summed E-state index contributed by atoms with van der Waals surface area (Å²) >= 11 is 0. The lowest BCUT2D eigenvalue weighted by Crippen LogP contribution is -2.49. The van der Waals surface area contributed by atoms with Gasteiger partial charge in [0, 0.05) is 5.92 Å². The Morgan fingerprint density at radius 1 is 1.05 bits per heavy atom. The van der Waals surface area contributed by atoms with Crippen molar-refractivity contribution in [2.75, 3.05) is 0 Å². The first-order valence-electron chi connectivity index (χ1n) is 7.65. The van der Waals surface area contributed by atoms with E-state index < -0.39 is 5.60 Å². The molecule has 1 N–H and O–H groups in total. The normalized spacial score (nSPS) is 17.0. The van der Waals surface area contributed by atoms with Crippen molar-refractivity contribution in [3.05, 3.63) is 12.2 Å². The van der Waals surface area contributed by atoms with E-state index in [2.05, 4.69) is 60.6 Å². The summed E-state index contributed by atoms with van der Waals surface area (Å²) in [6.45, 7) is 15.0. The van der Waals surface area contributed by atoms with Crippen LogP contribution < -0.4 is 0 Å². The van der Waals surface area contributed by atoms with E-state index in [0.717, 1.165) is 16.9 Å². The zero-order valence-corrected chi connectivity index (χ0v) is 16.1. The Morgan fingerprint density at radius 3 is 1.79 bits per heavy atom. The second kappa shape index (κ2) is 8.23. The van der Waals surface area contributed by atoms with Crippen LogP contribution in [0.5, 0.6) is 0 Å². The van der Waals surface area contributed by atoms with Gasteiger partial charge in [0.05, 0.1) is 11.7 Å². The van der Waals surface area contributed by atoms with E-state index in [0.29, 0.717) is 5.92 Å². The molecule has 0 amide bonds. The van der Waals surface area contributed by atoms with Crippen LogP contribution in [-0.4, -0.2) is 27.3 Å². The van der Waals surface area contributed by atoms with Gasteiger partial charge in [-0.2, -0.15) is 0 Å². The lowest BCUT2D eigenvalue weighted by molar-refractivity contribution is -0.0936. The first-order valence-corrected chi connectivity index (χ1v) is 8.46. The predicted octanol–water partition coefficient (Wildman–Crippen LogP) is 2.93. The van der Waals surface area contributed by atoms with Crippen molar-refractivity contribution in [1.29, 1.82) is 0 Å². The van der Waals surface area contributed by atoms with Gasteiger partial charge < -0.3 is 9.53 Å². The number of rotatable bonds is 8. The van der Waals surface area contributed by atoms with Gasteiger partial charge in [-0.05, 0) is 24.2 Å². The largest absolute Gasteiger partial charge is 0.422 e. The third-order valence-electron chi connectivity index (χ3n) is 4.34. The Labute approximate surface area is 123 Å². The molecule has 0 rings (SSSR count). The van der Waals surface area contributed by atoms with E-state index in [-0.39, 0.29) is 23.9 Å². The maximum atomic E-state index is 11.2. The van der Waals surface area contributed by atoms with Gasteiger partial charge in [-0.15, -0.1) is 0 Å². The fourth-order valence-corrected chi connectivity index (χ4v) is 3.46. The third-order valence-corrected chi connectivity index (χ3v) is 4.95. The molecule has 0 saturated heterocycles. The second-order valence-electron chi connectivity index (χ2n) is 6.53. The molecule has 19 heavy (non-hydrogen) atoms. The van der Waals surface area contributed by atoms with Crippen molar-refractivity contribution in [3.8, 4) is 0 Å². The molecule has 0 radical (unpaired) electrons. The third kappa shape index (κ3) is 4.73. The van der Waals surface area contributed by atoms with Gasteiger partial charge in [0.2, 0.25) is 0 Å². The molecule has 2 unspecified atom stereocenters. The Morgan fingerprint density at radius 2 is 1.53 bits per heavy atom. The molecule has 0 aliphatic heterocycles. The Balaban J connectivity index is 5.29. The topological polar surface area (TPSA) is 29.5 Å². The van der Waals surface area contributed by atoms with Crippen molar-refractivity contribution < 1.29 is 9.53 Å². The molecule has 2 nitrogen and oxygen atoms in total. The lowest BCUT2D eigenvalue weighted by atomic mass is 9.67. The molecule has 114 valence electrons. The van der Waals surface area contributed by atoms with Gasteiger partial charge in [0.15, 0.2) is 0 Å². The maximum absolute atomic E-state index is 11.2. The zero-order chi connectivity index (χ0) is 15.2. The quantitative estimate of drug-likeness (QED) is 0.549. The Hall–Kier alpha value is -0.123. The van der Waals surface area contributed by atoms with E-state index in [1.54, 1.807) is 0 Å². The fourth-order valence-electron chi connectivity index (χ4n) is 2.97. The standard InChI is InChI=1S/C16H34O2Si/c1-8-14(18-19)9-10-15(11(2)3)16(17,12(4)5)13(6)7/h9-15,17H,8H2,1-7,19H3/b10-9-. The van der Waals surface area contributed by atoms with Crippen LogP contribution in [0.3, 0.4) is 0 Å². The van der Waals surface area contributed by atoms with E-state index in [1.807, 2.05) is 0 Å². The van der Waals surface area contributed by atoms with Crippen LogP contribution in [0.1, 0.15) is 54.9 Å². The van der Waals surface area contributed by atoms with Crippen LogP contribution in [-0.2, 0) is 4.43 Å². The highest BCUT2D eigenvalue weighted by Gasteiger charge is 2.42. The summed E-state index contributed by atoms with van der Waals surface area (Å²) in [5.74, 6) is 1.05. The highest BCUT2D eigenvalue weighted by atomic mass is 28.2. The first kappa shape index (κ1) is 18.9. The first-order chi connectivity index (χ1) is 8.71. The van der Waals surface area contributed by atoms with Crippen LogP contribution in [0.15, 0.2) is 12.2 Å². The molecule has 0 aromatic carbocycles. The van der Waals surface area contributed by atoms with Crippen molar-refractivity contribution in [2.45, 2.75) is 66.6 Å². The van der Waals surface area contributed by atoms with E-state index in [1.165, 1.54) is 0 Å².